The van der Waals surface area contributed by atoms with Crippen LogP contribution in [0.25, 0.3) is 11.1 Å². The molecular weight excluding hydrogens is 688 g/mol. The highest BCUT2D eigenvalue weighted by Gasteiger charge is 2.44. The van der Waals surface area contributed by atoms with Crippen LogP contribution in [-0.4, -0.2) is 67.3 Å². The number of rotatable bonds is 8. The number of piperidine rings is 2. The third kappa shape index (κ3) is 6.32. The zero-order chi connectivity index (χ0) is 35.3. The van der Waals surface area contributed by atoms with Crippen LogP contribution in [0, 0.1) is 5.82 Å². The van der Waals surface area contributed by atoms with Gasteiger partial charge in [0.05, 0.1) is 28.4 Å². The number of ether oxygens (including phenoxy) is 1. The SMILES string of the molecule is C[C@@H](Oc1cc(-c2cnn(C3CCN(Cc4ccc5c(c4)C(=O)N(C4CCC(=O)NC4=O)C5=O)CC3)c2)cnc1N)c1c(Cl)ccc(F)c1Cl. The van der Waals surface area contributed by atoms with Gasteiger partial charge in [-0.05, 0) is 62.1 Å². The van der Waals surface area contributed by atoms with Crippen LogP contribution < -0.4 is 15.8 Å². The van der Waals surface area contributed by atoms with Gasteiger partial charge < -0.3 is 10.5 Å². The predicted octanol–water partition coefficient (Wildman–Crippen LogP) is 5.35. The number of anilines is 1. The van der Waals surface area contributed by atoms with E-state index in [1.54, 1.807) is 37.5 Å². The minimum Gasteiger partial charge on any atom is -0.482 e. The zero-order valence-corrected chi connectivity index (χ0v) is 28.4. The van der Waals surface area contributed by atoms with E-state index in [0.29, 0.717) is 17.9 Å². The Bertz CT molecular complexity index is 2050. The van der Waals surface area contributed by atoms with Gasteiger partial charge in [-0.3, -0.25) is 39.0 Å². The summed E-state index contributed by atoms with van der Waals surface area (Å²) in [5.41, 5.74) is 9.42. The number of nitrogens with one attached hydrogen (secondary N) is 1. The van der Waals surface area contributed by atoms with Gasteiger partial charge in [-0.1, -0.05) is 29.3 Å². The summed E-state index contributed by atoms with van der Waals surface area (Å²) in [6, 6.07) is 8.75. The third-order valence-corrected chi connectivity index (χ3v) is 10.2. The van der Waals surface area contributed by atoms with Crippen LogP contribution in [0.15, 0.2) is 55.0 Å². The molecule has 0 saturated carbocycles. The molecule has 0 radical (unpaired) electrons. The first-order chi connectivity index (χ1) is 24.0. The van der Waals surface area contributed by atoms with Crippen molar-refractivity contribution in [3.63, 3.8) is 0 Å². The average molecular weight is 721 g/mol. The maximum Gasteiger partial charge on any atom is 0.262 e. The molecule has 2 saturated heterocycles. The van der Waals surface area contributed by atoms with Crippen LogP contribution in [0.2, 0.25) is 10.0 Å². The van der Waals surface area contributed by atoms with Crippen molar-refractivity contribution in [2.24, 2.45) is 0 Å². The highest BCUT2D eigenvalue weighted by atomic mass is 35.5. The second-order valence-corrected chi connectivity index (χ2v) is 13.5. The Balaban J connectivity index is 0.976. The van der Waals surface area contributed by atoms with Gasteiger partial charge in [0.1, 0.15) is 18.0 Å². The molecule has 1 unspecified atom stereocenters. The summed E-state index contributed by atoms with van der Waals surface area (Å²) in [5.74, 6) is -2.21. The Hall–Kier alpha value is -4.85. The molecule has 15 heteroatoms. The summed E-state index contributed by atoms with van der Waals surface area (Å²) < 4.78 is 22.1. The average Bonchev–Trinajstić information content (AvgIpc) is 3.68. The highest BCUT2D eigenvalue weighted by Crippen LogP contribution is 2.37. The molecule has 3 aliphatic rings. The van der Waals surface area contributed by atoms with E-state index in [1.807, 2.05) is 16.9 Å². The summed E-state index contributed by atoms with van der Waals surface area (Å²) in [6.45, 7) is 3.87. The normalized spacial score (nSPS) is 19.1. The molecule has 3 N–H and O–H groups in total. The second kappa shape index (κ2) is 13.5. The third-order valence-electron chi connectivity index (χ3n) is 9.45. The van der Waals surface area contributed by atoms with Crippen molar-refractivity contribution < 1.29 is 28.3 Å². The van der Waals surface area contributed by atoms with Crippen molar-refractivity contribution >= 4 is 52.6 Å². The Kier molecular flexibility index (Phi) is 9.06. The van der Waals surface area contributed by atoms with Crippen molar-refractivity contribution in [2.75, 3.05) is 18.8 Å². The molecule has 2 aromatic heterocycles. The van der Waals surface area contributed by atoms with E-state index in [9.17, 15) is 23.6 Å². The minimum atomic E-state index is -0.994. The summed E-state index contributed by atoms with van der Waals surface area (Å²) in [7, 11) is 0. The zero-order valence-electron chi connectivity index (χ0n) is 26.9. The number of amides is 4. The van der Waals surface area contributed by atoms with Crippen LogP contribution in [0.4, 0.5) is 10.2 Å². The van der Waals surface area contributed by atoms with E-state index in [1.165, 1.54) is 12.1 Å². The lowest BCUT2D eigenvalue weighted by Crippen LogP contribution is -2.54. The minimum absolute atomic E-state index is 0.0735. The molecule has 3 aliphatic heterocycles. The van der Waals surface area contributed by atoms with Crippen LogP contribution in [0.5, 0.6) is 5.75 Å². The van der Waals surface area contributed by atoms with Gasteiger partial charge in [-0.15, -0.1) is 0 Å². The number of hydrogen-bond acceptors (Lipinski definition) is 9. The number of carbonyl (C=O) groups excluding carboxylic acids is 4. The number of imide groups is 2. The fourth-order valence-electron chi connectivity index (χ4n) is 6.78. The van der Waals surface area contributed by atoms with Gasteiger partial charge in [-0.2, -0.15) is 5.10 Å². The largest absolute Gasteiger partial charge is 0.482 e. The number of nitrogen functional groups attached to an aromatic ring is 1. The lowest BCUT2D eigenvalue weighted by atomic mass is 10.0. The molecule has 2 aromatic carbocycles. The van der Waals surface area contributed by atoms with Crippen molar-refractivity contribution in [2.45, 2.75) is 57.3 Å². The van der Waals surface area contributed by atoms with Crippen molar-refractivity contribution in [1.82, 2.24) is 29.9 Å². The van der Waals surface area contributed by atoms with Gasteiger partial charge >= 0.3 is 0 Å². The van der Waals surface area contributed by atoms with Crippen molar-refractivity contribution in [1.29, 1.82) is 0 Å². The number of aromatic nitrogens is 3. The quantitative estimate of drug-likeness (QED) is 0.181. The van der Waals surface area contributed by atoms with E-state index in [2.05, 4.69) is 20.3 Å². The van der Waals surface area contributed by atoms with Gasteiger partial charge in [0, 0.05) is 60.2 Å². The number of halogens is 3. The molecule has 0 spiro atoms. The van der Waals surface area contributed by atoms with Gasteiger partial charge in [0.15, 0.2) is 11.6 Å². The summed E-state index contributed by atoms with van der Waals surface area (Å²) >= 11 is 12.5. The second-order valence-electron chi connectivity index (χ2n) is 12.7. The molecule has 5 heterocycles. The molecule has 0 bridgehead atoms. The lowest BCUT2D eigenvalue weighted by Gasteiger charge is -2.32. The van der Waals surface area contributed by atoms with Crippen LogP contribution in [0.1, 0.15) is 76.6 Å². The molecule has 12 nitrogen and oxygen atoms in total. The predicted molar refractivity (Wildman–Crippen MR) is 182 cm³/mol. The summed E-state index contributed by atoms with van der Waals surface area (Å²) in [5, 5.41) is 7.01. The standard InChI is InChI=1S/C35H32Cl2FN7O5/c1-18(30-25(36)4-5-26(38)31(30)37)50-28-13-20(14-40-32(28)39)21-15-41-44(17-21)22-8-10-43(11-9-22)16-19-2-3-23-24(12-19)35(49)45(34(23)48)27-6-7-29(46)42-33(27)47/h2-5,12-15,17-18,22,27H,6-11,16H2,1H3,(H2,39,40)(H,42,46,47)/t18-,27?/m1/s1. The van der Waals surface area contributed by atoms with Gasteiger partial charge in [-0.25, -0.2) is 9.37 Å². The number of carbonyl (C=O) groups is 4. The van der Waals surface area contributed by atoms with Crippen LogP contribution >= 0.6 is 23.2 Å². The summed E-state index contributed by atoms with van der Waals surface area (Å²) in [6.07, 6.45) is 6.52. The number of nitrogens with two attached hydrogens (primary N) is 1. The molecule has 7 rings (SSSR count). The number of benzene rings is 2. The Morgan fingerprint density at radius 2 is 1.76 bits per heavy atom. The maximum atomic E-state index is 14.1. The summed E-state index contributed by atoms with van der Waals surface area (Å²) in [4.78, 5) is 57.8. The van der Waals surface area contributed by atoms with E-state index in [-0.39, 0.29) is 45.9 Å². The van der Waals surface area contributed by atoms with Gasteiger partial charge in [0.25, 0.3) is 11.8 Å². The molecule has 4 amide bonds. The molecule has 50 heavy (non-hydrogen) atoms. The fourth-order valence-corrected chi connectivity index (χ4v) is 7.45. The number of pyridine rings is 1. The number of nitrogens with zero attached hydrogens (tertiary/aromatic N) is 5. The number of hydrogen-bond donors (Lipinski definition) is 2. The lowest BCUT2D eigenvalue weighted by molar-refractivity contribution is -0.136. The van der Waals surface area contributed by atoms with Crippen LogP contribution in [0.3, 0.4) is 0 Å². The first kappa shape index (κ1) is 33.6. The molecular formula is C35H32Cl2FN7O5. The Morgan fingerprint density at radius 3 is 2.52 bits per heavy atom. The van der Waals surface area contributed by atoms with E-state index >= 15 is 0 Å². The highest BCUT2D eigenvalue weighted by molar-refractivity contribution is 6.36. The smallest absolute Gasteiger partial charge is 0.262 e. The fraction of sp³-hybridized carbons (Fsp3) is 0.314. The molecule has 258 valence electrons. The number of fused-ring (bicyclic) bond motifs is 1. The van der Waals surface area contributed by atoms with E-state index < -0.39 is 41.6 Å². The molecule has 4 aromatic rings. The topological polar surface area (TPSA) is 153 Å². The Labute approximate surface area is 296 Å². The number of likely N-dealkylation sites (tertiary alicyclic amines) is 1. The Morgan fingerprint density at radius 1 is 1.00 bits per heavy atom. The van der Waals surface area contributed by atoms with Crippen molar-refractivity contribution in [3.05, 3.63) is 93.1 Å². The molecule has 0 aliphatic carbocycles. The molecule has 2 fully saturated rings. The van der Waals surface area contributed by atoms with Crippen molar-refractivity contribution in [3.8, 4) is 16.9 Å². The van der Waals surface area contributed by atoms with E-state index in [4.69, 9.17) is 33.7 Å². The first-order valence-corrected chi connectivity index (χ1v) is 16.9. The van der Waals surface area contributed by atoms with Crippen LogP contribution in [-0.2, 0) is 16.1 Å². The maximum absolute atomic E-state index is 14.1. The first-order valence-electron chi connectivity index (χ1n) is 16.2. The van der Waals surface area contributed by atoms with E-state index in [0.717, 1.165) is 47.5 Å². The molecule has 2 atom stereocenters. The monoisotopic (exact) mass is 719 g/mol. The van der Waals surface area contributed by atoms with Gasteiger partial charge in [0.2, 0.25) is 11.8 Å².